The molecular weight excluding hydrogens is 440 g/mol. The van der Waals surface area contributed by atoms with Crippen molar-refractivity contribution in [1.82, 2.24) is 5.32 Å². The Morgan fingerprint density at radius 2 is 1.23 bits per heavy atom. The highest BCUT2D eigenvalue weighted by Gasteiger charge is 2.15. The molecule has 0 unspecified atom stereocenters. The molecule has 0 fully saturated rings. The minimum atomic E-state index is -0.318. The fourth-order valence-electron chi connectivity index (χ4n) is 3.30. The Bertz CT molecular complexity index is 1140. The maximum atomic E-state index is 12.3. The third kappa shape index (κ3) is 8.97. The molecule has 0 saturated heterocycles. The lowest BCUT2D eigenvalue weighted by atomic mass is 10.1. The lowest BCUT2D eigenvalue weighted by molar-refractivity contribution is -0.116. The van der Waals surface area contributed by atoms with Crippen molar-refractivity contribution in [3.05, 3.63) is 90.0 Å². The molecular formula is C28H32N4O3. The van der Waals surface area contributed by atoms with Crippen LogP contribution < -0.4 is 21.3 Å². The van der Waals surface area contributed by atoms with Gasteiger partial charge in [0, 0.05) is 34.6 Å². The Kier molecular flexibility index (Phi) is 8.62. The summed E-state index contributed by atoms with van der Waals surface area (Å²) in [5.74, 6) is -0.418. The summed E-state index contributed by atoms with van der Waals surface area (Å²) in [6, 6.07) is 23.8. The zero-order valence-corrected chi connectivity index (χ0v) is 20.4. The summed E-state index contributed by atoms with van der Waals surface area (Å²) in [4.78, 5) is 36.7. The predicted octanol–water partition coefficient (Wildman–Crippen LogP) is 4.84. The quantitative estimate of drug-likeness (QED) is 0.358. The maximum absolute atomic E-state index is 12.3. The van der Waals surface area contributed by atoms with Gasteiger partial charge in [-0.3, -0.25) is 14.4 Å². The van der Waals surface area contributed by atoms with Gasteiger partial charge in [0.25, 0.3) is 5.91 Å². The Morgan fingerprint density at radius 1 is 0.686 bits per heavy atom. The zero-order chi connectivity index (χ0) is 25.3. The van der Waals surface area contributed by atoms with Gasteiger partial charge in [-0.25, -0.2) is 0 Å². The SMILES string of the molecule is CC(C)(C)NC(=O)c1ccc(NC(=O)CNc2ccc(NC(=O)CCc3ccccc3)cc2)cc1. The van der Waals surface area contributed by atoms with Gasteiger partial charge in [0.15, 0.2) is 0 Å². The number of carbonyl (C=O) groups excluding carboxylic acids is 3. The fraction of sp³-hybridized carbons (Fsp3) is 0.250. The van der Waals surface area contributed by atoms with Crippen LogP contribution in [0.4, 0.5) is 17.1 Å². The topological polar surface area (TPSA) is 99.3 Å². The summed E-state index contributed by atoms with van der Waals surface area (Å²) >= 11 is 0. The van der Waals surface area contributed by atoms with Crippen molar-refractivity contribution in [3.8, 4) is 0 Å². The number of hydrogen-bond acceptors (Lipinski definition) is 4. The van der Waals surface area contributed by atoms with E-state index in [1.165, 1.54) is 0 Å². The average molecular weight is 473 g/mol. The number of anilines is 3. The lowest BCUT2D eigenvalue weighted by Gasteiger charge is -2.20. The molecule has 0 aromatic heterocycles. The zero-order valence-electron chi connectivity index (χ0n) is 20.4. The van der Waals surface area contributed by atoms with Crippen LogP contribution in [0.5, 0.6) is 0 Å². The second kappa shape index (κ2) is 11.8. The number of hydrogen-bond donors (Lipinski definition) is 4. The fourth-order valence-corrected chi connectivity index (χ4v) is 3.30. The molecule has 182 valence electrons. The third-order valence-electron chi connectivity index (χ3n) is 5.02. The number of rotatable bonds is 9. The first-order valence-corrected chi connectivity index (χ1v) is 11.6. The van der Waals surface area contributed by atoms with Crippen molar-refractivity contribution in [2.75, 3.05) is 22.5 Å². The van der Waals surface area contributed by atoms with Crippen molar-refractivity contribution in [2.45, 2.75) is 39.2 Å². The molecule has 0 spiro atoms. The van der Waals surface area contributed by atoms with Gasteiger partial charge in [-0.1, -0.05) is 30.3 Å². The molecule has 7 heteroatoms. The minimum Gasteiger partial charge on any atom is -0.376 e. The highest BCUT2D eigenvalue weighted by atomic mass is 16.2. The first kappa shape index (κ1) is 25.5. The van der Waals surface area contributed by atoms with Gasteiger partial charge in [-0.15, -0.1) is 0 Å². The van der Waals surface area contributed by atoms with Gasteiger partial charge in [0.05, 0.1) is 6.54 Å². The van der Waals surface area contributed by atoms with Gasteiger partial charge < -0.3 is 21.3 Å². The molecule has 3 aromatic carbocycles. The van der Waals surface area contributed by atoms with Crippen LogP contribution in [0.3, 0.4) is 0 Å². The predicted molar refractivity (Wildman–Crippen MR) is 141 cm³/mol. The largest absolute Gasteiger partial charge is 0.376 e. The molecule has 3 amide bonds. The van der Waals surface area contributed by atoms with Crippen LogP contribution >= 0.6 is 0 Å². The van der Waals surface area contributed by atoms with E-state index < -0.39 is 0 Å². The molecule has 0 saturated carbocycles. The van der Waals surface area contributed by atoms with E-state index in [1.54, 1.807) is 36.4 Å². The second-order valence-corrected chi connectivity index (χ2v) is 9.29. The van der Waals surface area contributed by atoms with Crippen molar-refractivity contribution < 1.29 is 14.4 Å². The van der Waals surface area contributed by atoms with E-state index in [9.17, 15) is 14.4 Å². The van der Waals surface area contributed by atoms with Crippen LogP contribution in [0.25, 0.3) is 0 Å². The van der Waals surface area contributed by atoms with Gasteiger partial charge >= 0.3 is 0 Å². The molecule has 0 atom stereocenters. The second-order valence-electron chi connectivity index (χ2n) is 9.29. The number of amides is 3. The Hall–Kier alpha value is -4.13. The summed E-state index contributed by atoms with van der Waals surface area (Å²) < 4.78 is 0. The smallest absolute Gasteiger partial charge is 0.251 e. The normalized spacial score (nSPS) is 10.8. The average Bonchev–Trinajstić information content (AvgIpc) is 2.82. The molecule has 7 nitrogen and oxygen atoms in total. The molecule has 0 aliphatic heterocycles. The molecule has 3 rings (SSSR count). The van der Waals surface area contributed by atoms with Crippen LogP contribution in [0.15, 0.2) is 78.9 Å². The highest BCUT2D eigenvalue weighted by Crippen LogP contribution is 2.15. The van der Waals surface area contributed by atoms with Crippen molar-refractivity contribution >= 4 is 34.8 Å². The maximum Gasteiger partial charge on any atom is 0.251 e. The van der Waals surface area contributed by atoms with Gasteiger partial charge in [-0.2, -0.15) is 0 Å². The van der Waals surface area contributed by atoms with Crippen molar-refractivity contribution in [3.63, 3.8) is 0 Å². The van der Waals surface area contributed by atoms with Gasteiger partial charge in [-0.05, 0) is 81.3 Å². The van der Waals surface area contributed by atoms with Crippen LogP contribution in [-0.4, -0.2) is 29.8 Å². The lowest BCUT2D eigenvalue weighted by Crippen LogP contribution is -2.40. The molecule has 0 aliphatic carbocycles. The van der Waals surface area contributed by atoms with E-state index in [2.05, 4.69) is 21.3 Å². The molecule has 0 heterocycles. The number of nitrogens with one attached hydrogen (secondary N) is 4. The Balaban J connectivity index is 1.41. The van der Waals surface area contributed by atoms with Crippen LogP contribution in [0.2, 0.25) is 0 Å². The van der Waals surface area contributed by atoms with Crippen molar-refractivity contribution in [2.24, 2.45) is 0 Å². The summed E-state index contributed by atoms with van der Waals surface area (Å²) in [5, 5.41) is 11.6. The monoisotopic (exact) mass is 472 g/mol. The molecule has 0 aliphatic rings. The first-order valence-electron chi connectivity index (χ1n) is 11.6. The van der Waals surface area contributed by atoms with E-state index in [-0.39, 0.29) is 29.8 Å². The highest BCUT2D eigenvalue weighted by molar-refractivity contribution is 5.97. The molecule has 0 bridgehead atoms. The van der Waals surface area contributed by atoms with E-state index in [0.717, 1.165) is 11.3 Å². The summed E-state index contributed by atoms with van der Waals surface area (Å²) in [6.45, 7) is 5.84. The first-order chi connectivity index (χ1) is 16.7. The Labute approximate surface area is 206 Å². The summed E-state index contributed by atoms with van der Waals surface area (Å²) in [6.07, 6.45) is 1.10. The van der Waals surface area contributed by atoms with Crippen LogP contribution in [0.1, 0.15) is 43.1 Å². The number of aryl methyl sites for hydroxylation is 1. The van der Waals surface area contributed by atoms with E-state index >= 15 is 0 Å². The molecule has 3 aromatic rings. The minimum absolute atomic E-state index is 0.0455. The summed E-state index contributed by atoms with van der Waals surface area (Å²) in [5.41, 5.74) is 3.41. The molecule has 4 N–H and O–H groups in total. The number of carbonyl (C=O) groups is 3. The van der Waals surface area contributed by atoms with Crippen LogP contribution in [0, 0.1) is 0 Å². The van der Waals surface area contributed by atoms with Crippen molar-refractivity contribution in [1.29, 1.82) is 0 Å². The van der Waals surface area contributed by atoms with E-state index in [4.69, 9.17) is 0 Å². The van der Waals surface area contributed by atoms with Gasteiger partial charge in [0.1, 0.15) is 0 Å². The standard InChI is InChI=1S/C28H32N4O3/c1-28(2,3)32-27(35)21-10-12-23(13-11-21)31-26(34)19-29-22-14-16-24(17-15-22)30-25(33)18-9-20-7-5-4-6-8-20/h4-8,10-17,29H,9,18-19H2,1-3H3,(H,30,33)(H,31,34)(H,32,35). The van der Waals surface area contributed by atoms with Crippen LogP contribution in [-0.2, 0) is 16.0 Å². The molecule has 0 radical (unpaired) electrons. The summed E-state index contributed by atoms with van der Waals surface area (Å²) in [7, 11) is 0. The number of benzene rings is 3. The van der Waals surface area contributed by atoms with Gasteiger partial charge in [0.2, 0.25) is 11.8 Å². The third-order valence-corrected chi connectivity index (χ3v) is 5.02. The Morgan fingerprint density at radius 3 is 1.83 bits per heavy atom. The van der Waals surface area contributed by atoms with E-state index in [0.29, 0.717) is 29.8 Å². The molecule has 35 heavy (non-hydrogen) atoms. The van der Waals surface area contributed by atoms with E-state index in [1.807, 2.05) is 63.2 Å².